The van der Waals surface area contributed by atoms with Crippen molar-refractivity contribution in [1.29, 1.82) is 0 Å². The highest BCUT2D eigenvalue weighted by Crippen LogP contribution is 2.38. The SMILES string of the molecule is Cn1c(=O)c(=O)n(C)c2cc(S(=O)(=O)N3CCC[C@@H]3c3cccs3)ccc21. The zero-order chi connectivity index (χ0) is 19.3. The van der Waals surface area contributed by atoms with Gasteiger partial charge >= 0.3 is 11.1 Å². The number of benzene rings is 1. The fourth-order valence-electron chi connectivity index (χ4n) is 3.65. The number of nitrogens with zero attached hydrogens (tertiary/aromatic N) is 3. The lowest BCUT2D eigenvalue weighted by Gasteiger charge is -2.23. The molecule has 4 rings (SSSR count). The van der Waals surface area contributed by atoms with Crippen molar-refractivity contribution in [3.63, 3.8) is 0 Å². The van der Waals surface area contributed by atoms with Crippen LogP contribution in [0.3, 0.4) is 0 Å². The van der Waals surface area contributed by atoms with Gasteiger partial charge in [0.1, 0.15) is 0 Å². The van der Waals surface area contributed by atoms with Crippen molar-refractivity contribution in [3.8, 4) is 0 Å². The maximum Gasteiger partial charge on any atom is 0.316 e. The fourth-order valence-corrected chi connectivity index (χ4v) is 6.29. The van der Waals surface area contributed by atoms with Crippen LogP contribution in [0.25, 0.3) is 11.0 Å². The molecule has 142 valence electrons. The van der Waals surface area contributed by atoms with Crippen LogP contribution in [-0.4, -0.2) is 28.4 Å². The summed E-state index contributed by atoms with van der Waals surface area (Å²) >= 11 is 1.56. The Bertz CT molecular complexity index is 1240. The molecule has 0 aliphatic carbocycles. The average molecular weight is 406 g/mol. The normalized spacial score (nSPS) is 18.4. The van der Waals surface area contributed by atoms with E-state index >= 15 is 0 Å². The lowest BCUT2D eigenvalue weighted by atomic mass is 10.2. The van der Waals surface area contributed by atoms with E-state index in [1.165, 1.54) is 35.4 Å². The molecular formula is C18H19N3O4S2. The van der Waals surface area contributed by atoms with Crippen molar-refractivity contribution in [3.05, 3.63) is 61.3 Å². The van der Waals surface area contributed by atoms with Crippen LogP contribution in [0.1, 0.15) is 23.8 Å². The summed E-state index contributed by atoms with van der Waals surface area (Å²) in [7, 11) is -0.734. The van der Waals surface area contributed by atoms with Gasteiger partial charge in [0, 0.05) is 25.5 Å². The molecule has 1 aliphatic rings. The van der Waals surface area contributed by atoms with Gasteiger partial charge in [-0.05, 0) is 42.5 Å². The Balaban J connectivity index is 1.86. The molecule has 7 nitrogen and oxygen atoms in total. The molecule has 2 aromatic heterocycles. The largest absolute Gasteiger partial charge is 0.316 e. The fraction of sp³-hybridized carbons (Fsp3) is 0.333. The second-order valence-corrected chi connectivity index (χ2v) is 9.54. The highest BCUT2D eigenvalue weighted by Gasteiger charge is 2.36. The van der Waals surface area contributed by atoms with Crippen molar-refractivity contribution in [2.45, 2.75) is 23.8 Å². The molecule has 3 aromatic rings. The molecule has 0 unspecified atom stereocenters. The van der Waals surface area contributed by atoms with Gasteiger partial charge in [-0.15, -0.1) is 11.3 Å². The number of hydrogen-bond donors (Lipinski definition) is 0. The quantitative estimate of drug-likeness (QED) is 0.623. The molecule has 1 atom stereocenters. The summed E-state index contributed by atoms with van der Waals surface area (Å²) < 4.78 is 30.6. The highest BCUT2D eigenvalue weighted by atomic mass is 32.2. The first-order chi connectivity index (χ1) is 12.8. The summed E-state index contributed by atoms with van der Waals surface area (Å²) in [6, 6.07) is 8.30. The van der Waals surface area contributed by atoms with Gasteiger partial charge in [-0.3, -0.25) is 9.59 Å². The summed E-state index contributed by atoms with van der Waals surface area (Å²) in [6.07, 6.45) is 1.60. The summed E-state index contributed by atoms with van der Waals surface area (Å²) in [5.74, 6) is 0. The number of thiophene rings is 1. The minimum Gasteiger partial charge on any atom is -0.305 e. The number of aromatic nitrogens is 2. The minimum atomic E-state index is -3.72. The Labute approximate surface area is 160 Å². The second-order valence-electron chi connectivity index (χ2n) is 6.67. The standard InChI is InChI=1S/C18H19N3O4S2/c1-19-13-8-7-12(11-15(13)20(2)18(23)17(19)22)27(24,25)21-9-3-5-14(21)16-6-4-10-26-16/h4,6-8,10-11,14H,3,5,9H2,1-2H3/t14-/m1/s1. The van der Waals surface area contributed by atoms with Crippen LogP contribution in [-0.2, 0) is 24.1 Å². The molecule has 0 N–H and O–H groups in total. The van der Waals surface area contributed by atoms with Crippen LogP contribution in [0.5, 0.6) is 0 Å². The maximum atomic E-state index is 13.3. The summed E-state index contributed by atoms with van der Waals surface area (Å²) in [6.45, 7) is 0.467. The van der Waals surface area contributed by atoms with Gasteiger partial charge in [0.2, 0.25) is 10.0 Å². The molecule has 3 heterocycles. The summed E-state index contributed by atoms with van der Waals surface area (Å²) in [4.78, 5) is 25.2. The van der Waals surface area contributed by atoms with E-state index in [0.717, 1.165) is 17.7 Å². The Kier molecular flexibility index (Phi) is 4.32. The average Bonchev–Trinajstić information content (AvgIpc) is 3.35. The third-order valence-corrected chi connectivity index (χ3v) is 8.02. The number of hydrogen-bond acceptors (Lipinski definition) is 5. The van der Waals surface area contributed by atoms with Gasteiger partial charge in [0.05, 0.1) is 22.0 Å². The summed E-state index contributed by atoms with van der Waals surface area (Å²) in [5, 5.41) is 1.95. The lowest BCUT2D eigenvalue weighted by Crippen LogP contribution is -2.39. The molecular weight excluding hydrogens is 386 g/mol. The third kappa shape index (κ3) is 2.77. The van der Waals surface area contributed by atoms with Crippen LogP contribution in [0.15, 0.2) is 50.2 Å². The Hall–Kier alpha value is -2.23. The molecule has 1 aromatic carbocycles. The van der Waals surface area contributed by atoms with Crippen LogP contribution >= 0.6 is 11.3 Å². The number of sulfonamides is 1. The van der Waals surface area contributed by atoms with E-state index in [2.05, 4.69) is 0 Å². The number of fused-ring (bicyclic) bond motifs is 1. The van der Waals surface area contributed by atoms with E-state index in [9.17, 15) is 18.0 Å². The molecule has 27 heavy (non-hydrogen) atoms. The molecule has 0 saturated carbocycles. The molecule has 0 radical (unpaired) electrons. The molecule has 0 spiro atoms. The molecule has 1 fully saturated rings. The summed E-state index contributed by atoms with van der Waals surface area (Å²) in [5.41, 5.74) is -0.401. The van der Waals surface area contributed by atoms with Crippen molar-refractivity contribution < 1.29 is 8.42 Å². The zero-order valence-corrected chi connectivity index (χ0v) is 16.6. The lowest BCUT2D eigenvalue weighted by molar-refractivity contribution is 0.401. The Morgan fingerprint density at radius 3 is 2.41 bits per heavy atom. The number of rotatable bonds is 3. The van der Waals surface area contributed by atoms with Gasteiger partial charge in [0.15, 0.2) is 0 Å². The zero-order valence-electron chi connectivity index (χ0n) is 15.0. The van der Waals surface area contributed by atoms with Crippen molar-refractivity contribution in [2.24, 2.45) is 14.1 Å². The van der Waals surface area contributed by atoms with Crippen molar-refractivity contribution in [1.82, 2.24) is 13.4 Å². The topological polar surface area (TPSA) is 81.4 Å². The first-order valence-electron chi connectivity index (χ1n) is 8.57. The smallest absolute Gasteiger partial charge is 0.305 e. The monoisotopic (exact) mass is 405 g/mol. The van der Waals surface area contributed by atoms with Gasteiger partial charge < -0.3 is 9.13 Å². The predicted octanol–water partition coefficient (Wildman–Crippen LogP) is 1.82. The van der Waals surface area contributed by atoms with E-state index in [1.807, 2.05) is 17.5 Å². The minimum absolute atomic E-state index is 0.132. The van der Waals surface area contributed by atoms with Gasteiger partial charge in [-0.2, -0.15) is 4.31 Å². The third-order valence-electron chi connectivity index (χ3n) is 5.14. The van der Waals surface area contributed by atoms with E-state index in [1.54, 1.807) is 21.7 Å². The van der Waals surface area contributed by atoms with Gasteiger partial charge in [0.25, 0.3) is 0 Å². The first kappa shape index (κ1) is 18.1. The second kappa shape index (κ2) is 6.43. The maximum absolute atomic E-state index is 13.3. The van der Waals surface area contributed by atoms with Crippen LogP contribution in [0, 0.1) is 0 Å². The van der Waals surface area contributed by atoms with E-state index < -0.39 is 21.1 Å². The van der Waals surface area contributed by atoms with E-state index in [4.69, 9.17) is 0 Å². The van der Waals surface area contributed by atoms with Crippen molar-refractivity contribution >= 4 is 32.4 Å². The highest BCUT2D eigenvalue weighted by molar-refractivity contribution is 7.89. The molecule has 0 bridgehead atoms. The predicted molar refractivity (Wildman–Crippen MR) is 105 cm³/mol. The van der Waals surface area contributed by atoms with Gasteiger partial charge in [-0.1, -0.05) is 6.07 Å². The van der Waals surface area contributed by atoms with Crippen molar-refractivity contribution in [2.75, 3.05) is 6.54 Å². The number of aryl methyl sites for hydroxylation is 2. The van der Waals surface area contributed by atoms with Crippen LogP contribution in [0.2, 0.25) is 0 Å². The Morgan fingerprint density at radius 1 is 1.04 bits per heavy atom. The van der Waals surface area contributed by atoms with E-state index in [0.29, 0.717) is 17.6 Å². The first-order valence-corrected chi connectivity index (χ1v) is 10.9. The van der Waals surface area contributed by atoms with Crippen LogP contribution < -0.4 is 11.1 Å². The molecule has 1 aliphatic heterocycles. The van der Waals surface area contributed by atoms with Gasteiger partial charge in [-0.25, -0.2) is 8.42 Å². The molecule has 9 heteroatoms. The Morgan fingerprint density at radius 2 is 1.74 bits per heavy atom. The molecule has 1 saturated heterocycles. The molecule has 0 amide bonds. The van der Waals surface area contributed by atoms with E-state index in [-0.39, 0.29) is 10.9 Å². The van der Waals surface area contributed by atoms with Crippen LogP contribution in [0.4, 0.5) is 0 Å².